The van der Waals surface area contributed by atoms with Gasteiger partial charge >= 0.3 is 0 Å². The quantitative estimate of drug-likeness (QED) is 0.152. The third-order valence-electron chi connectivity index (χ3n) is 15.6. The van der Waals surface area contributed by atoms with Crippen LogP contribution < -0.4 is 10.6 Å². The van der Waals surface area contributed by atoms with Crippen LogP contribution in [0.15, 0.2) is 243 Å². The maximum absolute atomic E-state index is 5.12. The smallest absolute Gasteiger partial charge is 0.164 e. The van der Waals surface area contributed by atoms with Crippen molar-refractivity contribution in [2.45, 2.75) is 18.8 Å². The first-order chi connectivity index (χ1) is 37.5. The molecular formula is C69H47N7. The summed E-state index contributed by atoms with van der Waals surface area (Å²) in [7, 11) is 0. The Kier molecular flexibility index (Phi) is 9.94. The summed E-state index contributed by atoms with van der Waals surface area (Å²) < 4.78 is 7.21. The zero-order valence-corrected chi connectivity index (χ0v) is 41.6. The van der Waals surface area contributed by atoms with Crippen LogP contribution in [0.2, 0.25) is 0 Å². The second-order valence-corrected chi connectivity index (χ2v) is 20.1. The molecule has 1 aliphatic carbocycles. The molecule has 1 unspecified atom stereocenters. The number of nitrogens with zero attached hydrogens (tertiary/aromatic N) is 7. The highest BCUT2D eigenvalue weighted by Gasteiger charge is 2.29. The van der Waals surface area contributed by atoms with Crippen LogP contribution in [0.4, 0.5) is 0 Å². The number of para-hydroxylation sites is 4. The van der Waals surface area contributed by atoms with Gasteiger partial charge in [-0.3, -0.25) is 4.98 Å². The Balaban J connectivity index is 0.926. The van der Waals surface area contributed by atoms with Crippen molar-refractivity contribution in [3.8, 4) is 62.4 Å². The lowest BCUT2D eigenvalue weighted by Crippen LogP contribution is -2.37. The van der Waals surface area contributed by atoms with Crippen molar-refractivity contribution >= 4 is 66.7 Å². The summed E-state index contributed by atoms with van der Waals surface area (Å²) in [6, 6.07) is 82.7. The lowest BCUT2D eigenvalue weighted by Gasteiger charge is -2.28. The van der Waals surface area contributed by atoms with E-state index in [2.05, 4.69) is 226 Å². The highest BCUT2D eigenvalue weighted by molar-refractivity contribution is 6.11. The number of hydrogen-bond donors (Lipinski definition) is 0. The van der Waals surface area contributed by atoms with Gasteiger partial charge < -0.3 is 13.7 Å². The molecule has 0 bridgehead atoms. The lowest BCUT2D eigenvalue weighted by molar-refractivity contribution is 0.652. The number of rotatable bonds is 8. The fraction of sp³-hybridized carbons (Fsp3) is 0.0435. The zero-order valence-electron chi connectivity index (χ0n) is 41.6. The summed E-state index contributed by atoms with van der Waals surface area (Å²) in [5, 5.41) is 8.55. The minimum atomic E-state index is -0.311. The van der Waals surface area contributed by atoms with Crippen LogP contribution in [0.3, 0.4) is 0 Å². The van der Waals surface area contributed by atoms with E-state index in [1.54, 1.807) is 12.4 Å². The molecule has 0 radical (unpaired) electrons. The fourth-order valence-electron chi connectivity index (χ4n) is 11.9. The van der Waals surface area contributed by atoms with Gasteiger partial charge in [-0.1, -0.05) is 153 Å². The maximum atomic E-state index is 5.12. The van der Waals surface area contributed by atoms with Gasteiger partial charge in [-0.2, -0.15) is 0 Å². The van der Waals surface area contributed by atoms with Crippen molar-refractivity contribution in [2.75, 3.05) is 0 Å². The molecule has 7 nitrogen and oxygen atoms in total. The summed E-state index contributed by atoms with van der Waals surface area (Å²) >= 11 is 0. The topological polar surface area (TPSA) is 66.3 Å². The van der Waals surface area contributed by atoms with Crippen LogP contribution in [-0.4, -0.2) is 33.6 Å². The minimum absolute atomic E-state index is 0.311. The van der Waals surface area contributed by atoms with E-state index in [-0.39, 0.29) is 5.41 Å². The monoisotopic (exact) mass is 973 g/mol. The zero-order chi connectivity index (χ0) is 50.3. The third kappa shape index (κ3) is 7.04. The molecule has 9 aromatic carbocycles. The molecule has 1 aliphatic rings. The molecule has 0 spiro atoms. The summed E-state index contributed by atoms with van der Waals surface area (Å²) in [5.41, 5.74) is 15.3. The summed E-state index contributed by atoms with van der Waals surface area (Å²) in [6.45, 7) is 2.40. The Morgan fingerprint density at radius 1 is 0.355 bits per heavy atom. The molecule has 5 heterocycles. The number of hydrogen-bond acceptors (Lipinski definition) is 4. The number of aromatic nitrogens is 7. The van der Waals surface area contributed by atoms with E-state index in [0.29, 0.717) is 17.5 Å². The van der Waals surface area contributed by atoms with E-state index in [4.69, 9.17) is 15.0 Å². The van der Waals surface area contributed by atoms with Crippen molar-refractivity contribution in [1.29, 1.82) is 0 Å². The van der Waals surface area contributed by atoms with Crippen molar-refractivity contribution in [3.63, 3.8) is 0 Å². The summed E-state index contributed by atoms with van der Waals surface area (Å²) in [6.07, 6.45) is 9.37. The van der Waals surface area contributed by atoms with Gasteiger partial charge in [0.2, 0.25) is 0 Å². The molecule has 14 aromatic rings. The average molecular weight is 974 g/mol. The van der Waals surface area contributed by atoms with Gasteiger partial charge in [0.25, 0.3) is 0 Å². The highest BCUT2D eigenvalue weighted by atomic mass is 15.0. The second kappa shape index (κ2) is 17.3. The first-order valence-electron chi connectivity index (χ1n) is 25.9. The molecule has 0 saturated heterocycles. The van der Waals surface area contributed by atoms with Gasteiger partial charge in [-0.25, -0.2) is 15.0 Å². The van der Waals surface area contributed by atoms with Crippen LogP contribution in [0.1, 0.15) is 18.9 Å². The van der Waals surface area contributed by atoms with Crippen molar-refractivity contribution < 1.29 is 0 Å². The predicted octanol–water partition coefficient (Wildman–Crippen LogP) is 15.0. The van der Waals surface area contributed by atoms with Crippen molar-refractivity contribution in [1.82, 2.24) is 33.6 Å². The average Bonchev–Trinajstić information content (AvgIpc) is 4.21. The Labute approximate surface area is 438 Å². The molecule has 1 atom stereocenters. The standard InChI is InChI=1S/C69H47N7/c1-69(50-30-33-64-58(43-50)55-25-12-14-27-61(55)75(64)52-21-9-4-10-22-52)37-34-65-59(44-69)57-42-48(47-28-31-62-56(41-47)54-24-11-13-26-60(54)74(62)51-19-7-3-8-20-51)29-32-63(57)76(65)53-23-15-18-49(40-53)68-72-66(45-16-5-2-6-17-45)71-67(73-68)46-35-38-70-39-36-46/h2-36,38-44H,37H2,1H3. The SMILES string of the molecule is CC1(c2ccc3c(c2)c2ccccc2n3-c2ccccc2)C=c2c(n(-c3cccc(-c4nc(-c5ccccc5)nc(-c5ccncc5)n4)c3)c3ccc(-c4ccc5c(c4)c4ccccc4n5-c4ccccc4)cc23)=CC1. The third-order valence-corrected chi connectivity index (χ3v) is 15.6. The largest absolute Gasteiger partial charge is 0.310 e. The van der Waals surface area contributed by atoms with Gasteiger partial charge in [-0.15, -0.1) is 0 Å². The maximum Gasteiger partial charge on any atom is 0.164 e. The van der Waals surface area contributed by atoms with Crippen LogP contribution >= 0.6 is 0 Å². The molecule has 0 saturated carbocycles. The van der Waals surface area contributed by atoms with Crippen molar-refractivity contribution in [3.05, 3.63) is 259 Å². The number of benzene rings is 9. The van der Waals surface area contributed by atoms with E-state index in [0.717, 1.165) is 51.3 Å². The lowest BCUT2D eigenvalue weighted by atomic mass is 9.76. The number of fused-ring (bicyclic) bond motifs is 9. The van der Waals surface area contributed by atoms with E-state index >= 15 is 0 Å². The summed E-state index contributed by atoms with van der Waals surface area (Å²) in [4.78, 5) is 19.5. The van der Waals surface area contributed by atoms with Crippen molar-refractivity contribution in [2.24, 2.45) is 0 Å². The molecule has 5 aromatic heterocycles. The molecular weight excluding hydrogens is 927 g/mol. The van der Waals surface area contributed by atoms with Crippen LogP contribution in [-0.2, 0) is 5.41 Å². The minimum Gasteiger partial charge on any atom is -0.310 e. The summed E-state index contributed by atoms with van der Waals surface area (Å²) in [5.74, 6) is 1.82. The Bertz CT molecular complexity index is 4670. The van der Waals surface area contributed by atoms with E-state index < -0.39 is 0 Å². The molecule has 358 valence electrons. The highest BCUT2D eigenvalue weighted by Crippen LogP contribution is 2.40. The van der Waals surface area contributed by atoms with E-state index in [9.17, 15) is 0 Å². The number of pyridine rings is 1. The molecule has 0 fully saturated rings. The Morgan fingerprint density at radius 2 is 0.829 bits per heavy atom. The normalized spacial score (nSPS) is 14.3. The van der Waals surface area contributed by atoms with Crippen LogP contribution in [0.25, 0.3) is 129 Å². The Hall–Kier alpha value is -9.98. The molecule has 0 amide bonds. The first kappa shape index (κ1) is 43.6. The van der Waals surface area contributed by atoms with Gasteiger partial charge in [-0.05, 0) is 120 Å². The van der Waals surface area contributed by atoms with Gasteiger partial charge in [0.05, 0.1) is 27.6 Å². The van der Waals surface area contributed by atoms with Gasteiger partial charge in [0.1, 0.15) is 0 Å². The van der Waals surface area contributed by atoms with Gasteiger partial charge in [0.15, 0.2) is 17.5 Å². The van der Waals surface area contributed by atoms with Crippen LogP contribution in [0, 0.1) is 0 Å². The molecule has 7 heteroatoms. The van der Waals surface area contributed by atoms with Gasteiger partial charge in [0, 0.05) is 89.1 Å². The van der Waals surface area contributed by atoms with E-state index in [1.807, 2.05) is 42.5 Å². The van der Waals surface area contributed by atoms with E-state index in [1.165, 1.54) is 70.7 Å². The molecule has 76 heavy (non-hydrogen) atoms. The first-order valence-corrected chi connectivity index (χ1v) is 25.9. The Morgan fingerprint density at radius 3 is 1.46 bits per heavy atom. The van der Waals surface area contributed by atoms with Crippen LogP contribution in [0.5, 0.6) is 0 Å². The molecule has 15 rings (SSSR count). The molecule has 0 N–H and O–H groups in total. The molecule has 0 aliphatic heterocycles. The fourth-order valence-corrected chi connectivity index (χ4v) is 11.9. The second-order valence-electron chi connectivity index (χ2n) is 20.1. The predicted molar refractivity (Wildman–Crippen MR) is 311 cm³/mol.